The van der Waals surface area contributed by atoms with Crippen LogP contribution in [0.25, 0.3) is 0 Å². The van der Waals surface area contributed by atoms with Crippen molar-refractivity contribution >= 4 is 23.2 Å². The zero-order valence-corrected chi connectivity index (χ0v) is 11.1. The fourth-order valence-electron chi connectivity index (χ4n) is 1.29. The topological polar surface area (TPSA) is 49.3 Å². The van der Waals surface area contributed by atoms with Gasteiger partial charge in [-0.25, -0.2) is 0 Å². The van der Waals surface area contributed by atoms with Crippen molar-refractivity contribution in [2.45, 2.75) is 32.0 Å². The van der Waals surface area contributed by atoms with Crippen molar-refractivity contribution in [1.82, 2.24) is 0 Å². The van der Waals surface area contributed by atoms with Crippen molar-refractivity contribution < 1.29 is 23.1 Å². The number of aliphatic hydroxyl groups is 1. The molecule has 0 saturated heterocycles. The first-order valence-corrected chi connectivity index (χ1v) is 5.76. The monoisotopic (exact) mass is 295 g/mol. The molecular formula is C12H13ClF3NO2. The second-order valence-electron chi connectivity index (χ2n) is 4.46. The molecule has 0 aromatic heterocycles. The fourth-order valence-corrected chi connectivity index (χ4v) is 1.47. The Morgan fingerprint density at radius 1 is 1.42 bits per heavy atom. The van der Waals surface area contributed by atoms with Crippen LogP contribution in [0, 0.1) is 6.92 Å². The molecular weight excluding hydrogens is 283 g/mol. The van der Waals surface area contributed by atoms with Crippen LogP contribution in [0.15, 0.2) is 18.2 Å². The van der Waals surface area contributed by atoms with E-state index in [1.165, 1.54) is 12.1 Å². The number of nitrogens with one attached hydrogen (secondary N) is 1. The third-order valence-electron chi connectivity index (χ3n) is 2.57. The normalized spacial score (nSPS) is 14.9. The fraction of sp³-hybridized carbons (Fsp3) is 0.417. The lowest BCUT2D eigenvalue weighted by Crippen LogP contribution is -2.44. The van der Waals surface area contributed by atoms with Crippen LogP contribution in [0.3, 0.4) is 0 Å². The Morgan fingerprint density at radius 3 is 2.47 bits per heavy atom. The molecule has 0 aliphatic heterocycles. The van der Waals surface area contributed by atoms with Crippen LogP contribution in [0.5, 0.6) is 0 Å². The highest BCUT2D eigenvalue weighted by Gasteiger charge is 2.50. The van der Waals surface area contributed by atoms with Gasteiger partial charge in [-0.05, 0) is 31.5 Å². The molecule has 0 saturated carbocycles. The average molecular weight is 296 g/mol. The molecule has 1 amide bonds. The molecule has 1 aromatic carbocycles. The molecule has 2 N–H and O–H groups in total. The molecule has 0 unspecified atom stereocenters. The number of rotatable bonds is 3. The van der Waals surface area contributed by atoms with Gasteiger partial charge in [0.15, 0.2) is 5.60 Å². The maximum atomic E-state index is 12.4. The number of hydrogen-bond donors (Lipinski definition) is 2. The third-order valence-corrected chi connectivity index (χ3v) is 2.98. The van der Waals surface area contributed by atoms with E-state index in [1.54, 1.807) is 13.0 Å². The van der Waals surface area contributed by atoms with Crippen LogP contribution in [0.4, 0.5) is 18.9 Å². The van der Waals surface area contributed by atoms with Gasteiger partial charge in [0.2, 0.25) is 5.91 Å². The van der Waals surface area contributed by atoms with Crippen molar-refractivity contribution in [3.8, 4) is 0 Å². The van der Waals surface area contributed by atoms with Gasteiger partial charge >= 0.3 is 6.18 Å². The number of hydrogen-bond acceptors (Lipinski definition) is 2. The maximum absolute atomic E-state index is 12.4. The number of aryl methyl sites for hydroxylation is 1. The van der Waals surface area contributed by atoms with E-state index in [0.717, 1.165) is 5.56 Å². The van der Waals surface area contributed by atoms with Crippen molar-refractivity contribution in [2.24, 2.45) is 0 Å². The number of amides is 1. The van der Waals surface area contributed by atoms with Gasteiger partial charge in [-0.2, -0.15) is 13.2 Å². The average Bonchev–Trinajstić information content (AvgIpc) is 2.21. The summed E-state index contributed by atoms with van der Waals surface area (Å²) in [7, 11) is 0. The summed E-state index contributed by atoms with van der Waals surface area (Å²) in [6.45, 7) is 2.30. The second-order valence-corrected chi connectivity index (χ2v) is 4.87. The highest BCUT2D eigenvalue weighted by molar-refractivity contribution is 6.31. The summed E-state index contributed by atoms with van der Waals surface area (Å²) in [6.07, 6.45) is -5.95. The number of carbonyl (C=O) groups excluding carboxylic acids is 1. The number of anilines is 1. The number of halogens is 4. The molecule has 0 aliphatic carbocycles. The maximum Gasteiger partial charge on any atom is 0.417 e. The Bertz CT molecular complexity index is 486. The summed E-state index contributed by atoms with van der Waals surface area (Å²) in [5.74, 6) is -0.942. The van der Waals surface area contributed by atoms with Crippen LogP contribution in [-0.4, -0.2) is 22.8 Å². The van der Waals surface area contributed by atoms with E-state index in [1.807, 2.05) is 0 Å². The summed E-state index contributed by atoms with van der Waals surface area (Å²) < 4.78 is 37.2. The predicted molar refractivity (Wildman–Crippen MR) is 66.1 cm³/mol. The summed E-state index contributed by atoms with van der Waals surface area (Å²) >= 11 is 5.82. The van der Waals surface area contributed by atoms with Gasteiger partial charge in [0.05, 0.1) is 6.42 Å². The lowest BCUT2D eigenvalue weighted by atomic mass is 10.0. The van der Waals surface area contributed by atoms with E-state index in [9.17, 15) is 23.1 Å². The lowest BCUT2D eigenvalue weighted by molar-refractivity contribution is -0.252. The molecule has 1 aromatic rings. The molecule has 0 spiro atoms. The molecule has 0 heterocycles. The van der Waals surface area contributed by atoms with E-state index >= 15 is 0 Å². The largest absolute Gasteiger partial charge is 0.417 e. The van der Waals surface area contributed by atoms with Crippen LogP contribution in [-0.2, 0) is 4.79 Å². The molecule has 1 atom stereocenters. The Kier molecular flexibility index (Phi) is 4.47. The smallest absolute Gasteiger partial charge is 0.380 e. The van der Waals surface area contributed by atoms with Gasteiger partial charge in [-0.15, -0.1) is 0 Å². The quantitative estimate of drug-likeness (QED) is 0.899. The first kappa shape index (κ1) is 15.8. The van der Waals surface area contributed by atoms with Crippen LogP contribution >= 0.6 is 11.6 Å². The second kappa shape index (κ2) is 5.38. The molecule has 0 radical (unpaired) electrons. The number of carbonyl (C=O) groups is 1. The standard InChI is InChI=1S/C12H13ClF3NO2/c1-7-3-4-8(5-9(7)13)17-10(18)6-11(2,19)12(14,15)16/h3-5,19H,6H2,1-2H3,(H,17,18)/t11-/m0/s1. The summed E-state index contributed by atoms with van der Waals surface area (Å²) in [6, 6.07) is 4.57. The summed E-state index contributed by atoms with van der Waals surface area (Å²) in [5.41, 5.74) is -2.01. The third kappa shape index (κ3) is 4.11. The zero-order chi connectivity index (χ0) is 14.8. The minimum atomic E-state index is -4.87. The highest BCUT2D eigenvalue weighted by atomic mass is 35.5. The van der Waals surface area contributed by atoms with Crippen LogP contribution in [0.1, 0.15) is 18.9 Å². The van der Waals surface area contributed by atoms with Gasteiger partial charge < -0.3 is 10.4 Å². The minimum Gasteiger partial charge on any atom is -0.380 e. The zero-order valence-electron chi connectivity index (χ0n) is 10.3. The van der Waals surface area contributed by atoms with Gasteiger partial charge in [0.25, 0.3) is 0 Å². The molecule has 0 fully saturated rings. The SMILES string of the molecule is Cc1ccc(NC(=O)C[C@](C)(O)C(F)(F)F)cc1Cl. The van der Waals surface area contributed by atoms with E-state index in [0.29, 0.717) is 11.9 Å². The Labute approximate surface area is 113 Å². The van der Waals surface area contributed by atoms with Crippen LogP contribution in [0.2, 0.25) is 5.02 Å². The molecule has 106 valence electrons. The molecule has 19 heavy (non-hydrogen) atoms. The van der Waals surface area contributed by atoms with E-state index < -0.39 is 24.1 Å². The van der Waals surface area contributed by atoms with E-state index in [4.69, 9.17) is 11.6 Å². The van der Waals surface area contributed by atoms with Crippen molar-refractivity contribution in [3.05, 3.63) is 28.8 Å². The van der Waals surface area contributed by atoms with Gasteiger partial charge in [-0.3, -0.25) is 4.79 Å². The predicted octanol–water partition coefficient (Wildman–Crippen LogP) is 3.29. The van der Waals surface area contributed by atoms with Gasteiger partial charge in [0.1, 0.15) is 0 Å². The van der Waals surface area contributed by atoms with Gasteiger partial charge in [-0.1, -0.05) is 17.7 Å². The summed E-state index contributed by atoms with van der Waals surface area (Å²) in [5, 5.41) is 11.8. The first-order chi connectivity index (χ1) is 8.53. The van der Waals surface area contributed by atoms with Crippen molar-refractivity contribution in [2.75, 3.05) is 5.32 Å². The lowest BCUT2D eigenvalue weighted by Gasteiger charge is -2.25. The Hall–Kier alpha value is -1.27. The molecule has 0 bridgehead atoms. The van der Waals surface area contributed by atoms with E-state index in [-0.39, 0.29) is 5.69 Å². The molecule has 3 nitrogen and oxygen atoms in total. The number of benzene rings is 1. The van der Waals surface area contributed by atoms with E-state index in [2.05, 4.69) is 5.32 Å². The summed E-state index contributed by atoms with van der Waals surface area (Å²) in [4.78, 5) is 11.5. The Morgan fingerprint density at radius 2 is 2.00 bits per heavy atom. The van der Waals surface area contributed by atoms with Crippen molar-refractivity contribution in [3.63, 3.8) is 0 Å². The molecule has 1 rings (SSSR count). The van der Waals surface area contributed by atoms with Crippen molar-refractivity contribution in [1.29, 1.82) is 0 Å². The van der Waals surface area contributed by atoms with Gasteiger partial charge in [0, 0.05) is 10.7 Å². The molecule has 7 heteroatoms. The Balaban J connectivity index is 2.73. The first-order valence-electron chi connectivity index (χ1n) is 5.38. The molecule has 0 aliphatic rings. The van der Waals surface area contributed by atoms with Crippen LogP contribution < -0.4 is 5.32 Å². The minimum absolute atomic E-state index is 0.276. The number of alkyl halides is 3. The highest BCUT2D eigenvalue weighted by Crippen LogP contribution is 2.32.